The average Bonchev–Trinajstić information content (AvgIpc) is 2.15. The van der Waals surface area contributed by atoms with Crippen molar-refractivity contribution in [2.45, 2.75) is 13.8 Å². The summed E-state index contributed by atoms with van der Waals surface area (Å²) >= 11 is 0. The van der Waals surface area contributed by atoms with Gasteiger partial charge < -0.3 is 15.2 Å². The van der Waals surface area contributed by atoms with Crippen LogP contribution in [0, 0.1) is 6.92 Å². The Morgan fingerprint density at radius 2 is 2.21 bits per heavy atom. The third kappa shape index (κ3) is 3.22. The summed E-state index contributed by atoms with van der Waals surface area (Å²) in [6.07, 6.45) is 1.59. The number of ether oxygens (including phenoxy) is 2. The van der Waals surface area contributed by atoms with Crippen molar-refractivity contribution in [3.05, 3.63) is 17.8 Å². The molecule has 0 aromatic carbocycles. The summed E-state index contributed by atoms with van der Waals surface area (Å²) in [7, 11) is 0. The van der Waals surface area contributed by atoms with E-state index in [9.17, 15) is 0 Å². The molecule has 0 aliphatic heterocycles. The predicted molar refractivity (Wildman–Crippen MR) is 55.4 cm³/mol. The Morgan fingerprint density at radius 3 is 2.86 bits per heavy atom. The van der Waals surface area contributed by atoms with E-state index in [-0.39, 0.29) is 0 Å². The smallest absolute Gasteiger partial charge is 0.216 e. The second kappa shape index (κ2) is 5.44. The van der Waals surface area contributed by atoms with Crippen molar-refractivity contribution in [3.63, 3.8) is 0 Å². The molecule has 0 atom stereocenters. The van der Waals surface area contributed by atoms with Gasteiger partial charge in [0.25, 0.3) is 0 Å². The number of nitrogen functional groups attached to an aromatic ring is 1. The minimum atomic E-state index is 0.519. The van der Waals surface area contributed by atoms with Crippen molar-refractivity contribution in [1.29, 1.82) is 0 Å². The van der Waals surface area contributed by atoms with Crippen molar-refractivity contribution in [1.82, 2.24) is 4.98 Å². The van der Waals surface area contributed by atoms with Crippen LogP contribution < -0.4 is 10.5 Å². The Balaban J connectivity index is 2.42. The first-order valence-electron chi connectivity index (χ1n) is 4.66. The summed E-state index contributed by atoms with van der Waals surface area (Å²) in [5.74, 6) is 0.624. The van der Waals surface area contributed by atoms with Crippen molar-refractivity contribution in [2.75, 3.05) is 25.6 Å². The van der Waals surface area contributed by atoms with Gasteiger partial charge in [0.05, 0.1) is 18.5 Å². The first kappa shape index (κ1) is 10.8. The molecule has 0 saturated heterocycles. The lowest BCUT2D eigenvalue weighted by atomic mass is 10.3. The van der Waals surface area contributed by atoms with Crippen molar-refractivity contribution < 1.29 is 9.47 Å². The van der Waals surface area contributed by atoms with E-state index < -0.39 is 0 Å². The molecule has 1 rings (SSSR count). The first-order valence-corrected chi connectivity index (χ1v) is 4.66. The lowest BCUT2D eigenvalue weighted by Gasteiger charge is -2.07. The minimum absolute atomic E-state index is 0.519. The fraction of sp³-hybridized carbons (Fsp3) is 0.500. The van der Waals surface area contributed by atoms with Gasteiger partial charge in [-0.3, -0.25) is 0 Å². The molecule has 1 aromatic rings. The van der Waals surface area contributed by atoms with Gasteiger partial charge in [-0.2, -0.15) is 0 Å². The molecule has 2 N–H and O–H groups in total. The summed E-state index contributed by atoms with van der Waals surface area (Å²) in [5, 5.41) is 0. The summed E-state index contributed by atoms with van der Waals surface area (Å²) in [4.78, 5) is 4.07. The van der Waals surface area contributed by atoms with Crippen molar-refractivity contribution in [2.24, 2.45) is 0 Å². The molecule has 0 bridgehead atoms. The molecule has 78 valence electrons. The van der Waals surface area contributed by atoms with E-state index in [0.29, 0.717) is 31.4 Å². The SMILES string of the molecule is CCOCCOc1ncc(N)cc1C. The highest BCUT2D eigenvalue weighted by Gasteiger charge is 2.00. The Labute approximate surface area is 84.0 Å². The molecule has 14 heavy (non-hydrogen) atoms. The molecule has 0 unspecified atom stereocenters. The number of pyridine rings is 1. The number of anilines is 1. The van der Waals surface area contributed by atoms with Gasteiger partial charge in [-0.1, -0.05) is 0 Å². The van der Waals surface area contributed by atoms with E-state index in [0.717, 1.165) is 5.56 Å². The van der Waals surface area contributed by atoms with Crippen LogP contribution in [0.2, 0.25) is 0 Å². The van der Waals surface area contributed by atoms with Gasteiger partial charge in [-0.15, -0.1) is 0 Å². The second-order valence-corrected chi connectivity index (χ2v) is 2.94. The van der Waals surface area contributed by atoms with Crippen molar-refractivity contribution in [3.8, 4) is 5.88 Å². The van der Waals surface area contributed by atoms with Crippen LogP contribution in [0.25, 0.3) is 0 Å². The van der Waals surface area contributed by atoms with Crippen LogP contribution in [0.3, 0.4) is 0 Å². The van der Waals surface area contributed by atoms with Gasteiger partial charge >= 0.3 is 0 Å². The van der Waals surface area contributed by atoms with Crippen LogP contribution in [-0.4, -0.2) is 24.8 Å². The summed E-state index contributed by atoms with van der Waals surface area (Å²) in [5.41, 5.74) is 7.16. The minimum Gasteiger partial charge on any atom is -0.475 e. The van der Waals surface area contributed by atoms with Gasteiger partial charge in [-0.05, 0) is 19.9 Å². The van der Waals surface area contributed by atoms with E-state index >= 15 is 0 Å². The lowest BCUT2D eigenvalue weighted by molar-refractivity contribution is 0.108. The molecule has 0 aliphatic rings. The van der Waals surface area contributed by atoms with Crippen LogP contribution in [0.5, 0.6) is 5.88 Å². The number of hydrogen-bond acceptors (Lipinski definition) is 4. The van der Waals surface area contributed by atoms with Crippen molar-refractivity contribution >= 4 is 5.69 Å². The maximum atomic E-state index is 5.56. The van der Waals surface area contributed by atoms with Gasteiger partial charge in [0, 0.05) is 12.2 Å². The maximum Gasteiger partial charge on any atom is 0.216 e. The maximum absolute atomic E-state index is 5.56. The van der Waals surface area contributed by atoms with Crippen LogP contribution in [0.1, 0.15) is 12.5 Å². The zero-order valence-electron chi connectivity index (χ0n) is 8.62. The highest BCUT2D eigenvalue weighted by Crippen LogP contribution is 2.15. The van der Waals surface area contributed by atoms with Gasteiger partial charge in [0.2, 0.25) is 5.88 Å². The molecule has 0 amide bonds. The van der Waals surface area contributed by atoms with E-state index in [1.165, 1.54) is 0 Å². The number of nitrogens with two attached hydrogens (primary N) is 1. The van der Waals surface area contributed by atoms with Gasteiger partial charge in [0.15, 0.2) is 0 Å². The van der Waals surface area contributed by atoms with E-state index in [2.05, 4.69) is 4.98 Å². The molecule has 0 saturated carbocycles. The Morgan fingerprint density at radius 1 is 1.43 bits per heavy atom. The monoisotopic (exact) mass is 196 g/mol. The number of rotatable bonds is 5. The summed E-state index contributed by atoms with van der Waals surface area (Å²) in [6.45, 7) is 5.68. The highest BCUT2D eigenvalue weighted by molar-refractivity contribution is 5.41. The zero-order valence-corrected chi connectivity index (χ0v) is 8.62. The standard InChI is InChI=1S/C10H16N2O2/c1-3-13-4-5-14-10-8(2)6-9(11)7-12-10/h6-7H,3-5,11H2,1-2H3. The van der Waals surface area contributed by atoms with E-state index in [1.54, 1.807) is 6.20 Å². The topological polar surface area (TPSA) is 57.4 Å². The van der Waals surface area contributed by atoms with E-state index in [4.69, 9.17) is 15.2 Å². The Kier molecular flexibility index (Phi) is 4.19. The molecular weight excluding hydrogens is 180 g/mol. The fourth-order valence-electron chi connectivity index (χ4n) is 1.08. The Hall–Kier alpha value is -1.29. The van der Waals surface area contributed by atoms with Gasteiger partial charge in [-0.25, -0.2) is 4.98 Å². The molecule has 1 aromatic heterocycles. The molecular formula is C10H16N2O2. The third-order valence-corrected chi connectivity index (χ3v) is 1.72. The number of aromatic nitrogens is 1. The molecule has 0 radical (unpaired) electrons. The van der Waals surface area contributed by atoms with E-state index in [1.807, 2.05) is 19.9 Å². The van der Waals surface area contributed by atoms with Crippen LogP contribution in [0.4, 0.5) is 5.69 Å². The fourth-order valence-corrected chi connectivity index (χ4v) is 1.08. The number of hydrogen-bond donors (Lipinski definition) is 1. The molecule has 0 aliphatic carbocycles. The summed E-state index contributed by atoms with van der Waals surface area (Å²) in [6, 6.07) is 1.84. The molecule has 0 spiro atoms. The first-order chi connectivity index (χ1) is 6.74. The number of aryl methyl sites for hydroxylation is 1. The quantitative estimate of drug-likeness (QED) is 0.723. The average molecular weight is 196 g/mol. The molecule has 4 nitrogen and oxygen atoms in total. The van der Waals surface area contributed by atoms with Crippen LogP contribution >= 0.6 is 0 Å². The van der Waals surface area contributed by atoms with Crippen LogP contribution in [0.15, 0.2) is 12.3 Å². The highest BCUT2D eigenvalue weighted by atomic mass is 16.5. The van der Waals surface area contributed by atoms with Gasteiger partial charge in [0.1, 0.15) is 6.61 Å². The molecule has 0 fully saturated rings. The Bertz CT molecular complexity index is 289. The third-order valence-electron chi connectivity index (χ3n) is 1.72. The summed E-state index contributed by atoms with van der Waals surface area (Å²) < 4.78 is 10.5. The zero-order chi connectivity index (χ0) is 10.4. The second-order valence-electron chi connectivity index (χ2n) is 2.94. The molecule has 1 heterocycles. The lowest BCUT2D eigenvalue weighted by Crippen LogP contribution is -2.08. The molecule has 4 heteroatoms. The normalized spacial score (nSPS) is 10.1. The number of nitrogens with zero attached hydrogens (tertiary/aromatic N) is 1. The van der Waals surface area contributed by atoms with Crippen LogP contribution in [-0.2, 0) is 4.74 Å². The largest absolute Gasteiger partial charge is 0.475 e. The predicted octanol–water partition coefficient (Wildman–Crippen LogP) is 1.39.